The highest BCUT2D eigenvalue weighted by Crippen LogP contribution is 2.31. The molecule has 0 fully saturated rings. The molecule has 5 nitrogen and oxygen atoms in total. The van der Waals surface area contributed by atoms with Crippen molar-refractivity contribution < 1.29 is 9.90 Å². The lowest BCUT2D eigenvalue weighted by molar-refractivity contribution is 0.0698. The fourth-order valence-corrected chi connectivity index (χ4v) is 3.10. The van der Waals surface area contributed by atoms with Crippen LogP contribution >= 0.6 is 0 Å². The average Bonchev–Trinajstić information content (AvgIpc) is 2.77. The van der Waals surface area contributed by atoms with E-state index in [2.05, 4.69) is 10.6 Å². The van der Waals surface area contributed by atoms with Crippen LogP contribution in [-0.2, 0) is 19.4 Å². The van der Waals surface area contributed by atoms with Crippen LogP contribution in [0.15, 0.2) is 12.1 Å². The van der Waals surface area contributed by atoms with Gasteiger partial charge in [0.25, 0.3) is 0 Å². The number of fused-ring (bicyclic) bond motifs is 1. The van der Waals surface area contributed by atoms with Crippen molar-refractivity contribution in [1.82, 2.24) is 4.57 Å². The Bertz CT molecular complexity index is 689. The molecule has 120 valence electrons. The number of nitrogens with two attached hydrogens (primary N) is 2. The number of nitrogens with zero attached hydrogens (tertiary/aromatic N) is 1. The lowest BCUT2D eigenvalue weighted by Crippen LogP contribution is -2.10. The van der Waals surface area contributed by atoms with Crippen LogP contribution in [0.2, 0.25) is 0 Å². The average molecular weight is 303 g/mol. The molecular formula is C17H25N3O2. The summed E-state index contributed by atoms with van der Waals surface area (Å²) < 4.78 is 2.09. The maximum absolute atomic E-state index is 11.7. The summed E-state index contributed by atoms with van der Waals surface area (Å²) >= 11 is 0. The topological polar surface area (TPSA) is 94.3 Å². The van der Waals surface area contributed by atoms with Crippen LogP contribution in [0, 0.1) is 6.92 Å². The molecule has 0 spiro atoms. The first-order chi connectivity index (χ1) is 10.5. The van der Waals surface area contributed by atoms with Gasteiger partial charge in [-0.1, -0.05) is 6.92 Å². The Morgan fingerprint density at radius 3 is 2.55 bits per heavy atom. The smallest absolute Gasteiger partial charge is 0.337 e. The second-order valence-corrected chi connectivity index (χ2v) is 5.59. The highest BCUT2D eigenvalue weighted by atomic mass is 16.4. The third kappa shape index (κ3) is 2.87. The SMILES string of the molecule is CCc1cc(C(=O)O)c2c(c1)c(CCN)c(C)n2CCCN. The van der Waals surface area contributed by atoms with E-state index in [4.69, 9.17) is 11.5 Å². The van der Waals surface area contributed by atoms with Crippen molar-refractivity contribution in [1.29, 1.82) is 0 Å². The van der Waals surface area contributed by atoms with Crippen LogP contribution in [0.5, 0.6) is 0 Å². The summed E-state index contributed by atoms with van der Waals surface area (Å²) in [6.45, 7) is 5.94. The summed E-state index contributed by atoms with van der Waals surface area (Å²) in [4.78, 5) is 11.7. The monoisotopic (exact) mass is 303 g/mol. The maximum Gasteiger partial charge on any atom is 0.337 e. The minimum Gasteiger partial charge on any atom is -0.478 e. The number of carboxylic acids is 1. The van der Waals surface area contributed by atoms with E-state index in [0.717, 1.165) is 53.5 Å². The van der Waals surface area contributed by atoms with Crippen LogP contribution in [0.3, 0.4) is 0 Å². The Balaban J connectivity index is 2.81. The van der Waals surface area contributed by atoms with Gasteiger partial charge >= 0.3 is 5.97 Å². The van der Waals surface area contributed by atoms with Gasteiger partial charge in [-0.25, -0.2) is 4.79 Å². The summed E-state index contributed by atoms with van der Waals surface area (Å²) in [6, 6.07) is 3.90. The number of aromatic nitrogens is 1. The maximum atomic E-state index is 11.7. The summed E-state index contributed by atoms with van der Waals surface area (Å²) in [6.07, 6.45) is 2.39. The molecule has 2 rings (SSSR count). The minimum atomic E-state index is -0.883. The molecule has 2 aromatic rings. The van der Waals surface area contributed by atoms with E-state index in [1.165, 1.54) is 0 Å². The van der Waals surface area contributed by atoms with Crippen molar-refractivity contribution in [3.63, 3.8) is 0 Å². The normalized spacial score (nSPS) is 11.3. The van der Waals surface area contributed by atoms with Gasteiger partial charge < -0.3 is 21.1 Å². The second-order valence-electron chi connectivity index (χ2n) is 5.59. The van der Waals surface area contributed by atoms with Gasteiger partial charge in [-0.2, -0.15) is 0 Å². The molecule has 0 aliphatic rings. The lowest BCUT2D eigenvalue weighted by Gasteiger charge is -2.10. The number of carbonyl (C=O) groups is 1. The number of carboxylic acid groups (broad SMARTS) is 1. The molecule has 0 aliphatic heterocycles. The predicted molar refractivity (Wildman–Crippen MR) is 89.4 cm³/mol. The van der Waals surface area contributed by atoms with Gasteiger partial charge in [0.05, 0.1) is 11.1 Å². The van der Waals surface area contributed by atoms with Gasteiger partial charge in [-0.05, 0) is 62.5 Å². The fraction of sp³-hybridized carbons (Fsp3) is 0.471. The molecule has 0 aliphatic carbocycles. The van der Waals surface area contributed by atoms with E-state index in [1.807, 2.05) is 13.8 Å². The standard InChI is InChI=1S/C17H25N3O2/c1-3-12-9-14-13(5-7-19)11(2)20(8-4-6-18)16(14)15(10-12)17(21)22/h9-10H,3-8,18-19H2,1-2H3,(H,21,22). The Labute approximate surface area is 130 Å². The number of hydrogen-bond acceptors (Lipinski definition) is 3. The van der Waals surface area contributed by atoms with Crippen molar-refractivity contribution in [2.75, 3.05) is 13.1 Å². The number of benzene rings is 1. The number of hydrogen-bond donors (Lipinski definition) is 3. The Kier molecular flexibility index (Phi) is 5.21. The molecule has 0 atom stereocenters. The lowest BCUT2D eigenvalue weighted by atomic mass is 10.0. The Morgan fingerprint density at radius 1 is 1.27 bits per heavy atom. The van der Waals surface area contributed by atoms with E-state index < -0.39 is 5.97 Å². The zero-order valence-electron chi connectivity index (χ0n) is 13.4. The molecule has 1 heterocycles. The molecule has 0 saturated carbocycles. The van der Waals surface area contributed by atoms with Crippen molar-refractivity contribution in [2.24, 2.45) is 11.5 Å². The van der Waals surface area contributed by atoms with Crippen molar-refractivity contribution in [3.8, 4) is 0 Å². The third-order valence-corrected chi connectivity index (χ3v) is 4.23. The summed E-state index contributed by atoms with van der Waals surface area (Å²) in [7, 11) is 0. The van der Waals surface area contributed by atoms with E-state index in [9.17, 15) is 9.90 Å². The van der Waals surface area contributed by atoms with Gasteiger partial charge in [0.1, 0.15) is 0 Å². The number of aryl methyl sites for hydroxylation is 2. The molecule has 22 heavy (non-hydrogen) atoms. The van der Waals surface area contributed by atoms with Crippen LogP contribution in [0.1, 0.15) is 40.5 Å². The molecular weight excluding hydrogens is 278 g/mol. The molecule has 0 unspecified atom stereocenters. The first-order valence-corrected chi connectivity index (χ1v) is 7.83. The molecule has 0 saturated heterocycles. The van der Waals surface area contributed by atoms with Crippen molar-refractivity contribution in [3.05, 3.63) is 34.5 Å². The molecule has 0 amide bonds. The van der Waals surface area contributed by atoms with E-state index in [-0.39, 0.29) is 0 Å². The molecule has 5 N–H and O–H groups in total. The molecule has 0 radical (unpaired) electrons. The van der Waals surface area contributed by atoms with Gasteiger partial charge in [0, 0.05) is 17.6 Å². The Morgan fingerprint density at radius 2 is 2.00 bits per heavy atom. The van der Waals surface area contributed by atoms with E-state index in [0.29, 0.717) is 18.7 Å². The van der Waals surface area contributed by atoms with E-state index in [1.54, 1.807) is 6.07 Å². The van der Waals surface area contributed by atoms with Crippen LogP contribution < -0.4 is 11.5 Å². The summed E-state index contributed by atoms with van der Waals surface area (Å²) in [5.41, 5.74) is 15.9. The minimum absolute atomic E-state index is 0.373. The summed E-state index contributed by atoms with van der Waals surface area (Å²) in [5, 5.41) is 10.6. The van der Waals surface area contributed by atoms with Gasteiger partial charge in [0.15, 0.2) is 0 Å². The molecule has 0 bridgehead atoms. The second kappa shape index (κ2) is 6.94. The quantitative estimate of drug-likeness (QED) is 0.729. The van der Waals surface area contributed by atoms with Crippen LogP contribution in [0.25, 0.3) is 10.9 Å². The molecule has 5 heteroatoms. The van der Waals surface area contributed by atoms with Gasteiger partial charge in [-0.3, -0.25) is 0 Å². The Hall–Kier alpha value is -1.85. The third-order valence-electron chi connectivity index (χ3n) is 4.23. The molecule has 1 aromatic carbocycles. The van der Waals surface area contributed by atoms with Crippen LogP contribution in [0.4, 0.5) is 0 Å². The molecule has 1 aromatic heterocycles. The highest BCUT2D eigenvalue weighted by molar-refractivity contribution is 6.04. The zero-order chi connectivity index (χ0) is 16.3. The summed E-state index contributed by atoms with van der Waals surface area (Å²) in [5.74, 6) is -0.883. The zero-order valence-corrected chi connectivity index (χ0v) is 13.4. The highest BCUT2D eigenvalue weighted by Gasteiger charge is 2.20. The largest absolute Gasteiger partial charge is 0.478 e. The van der Waals surface area contributed by atoms with E-state index >= 15 is 0 Å². The van der Waals surface area contributed by atoms with Gasteiger partial charge in [0.2, 0.25) is 0 Å². The fourth-order valence-electron chi connectivity index (χ4n) is 3.10. The van der Waals surface area contributed by atoms with Crippen LogP contribution in [-0.4, -0.2) is 28.7 Å². The van der Waals surface area contributed by atoms with Crippen molar-refractivity contribution in [2.45, 2.75) is 39.7 Å². The van der Waals surface area contributed by atoms with Crippen molar-refractivity contribution >= 4 is 16.9 Å². The number of aromatic carboxylic acids is 1. The first-order valence-electron chi connectivity index (χ1n) is 7.83. The predicted octanol–water partition coefficient (Wildman–Crippen LogP) is 2.06. The number of rotatable bonds is 7. The van der Waals surface area contributed by atoms with Gasteiger partial charge in [-0.15, -0.1) is 0 Å². The first kappa shape index (κ1) is 16.5.